The van der Waals surface area contributed by atoms with E-state index in [1.165, 1.54) is 18.5 Å². The van der Waals surface area contributed by atoms with E-state index in [2.05, 4.69) is 25.6 Å². The number of aliphatic hydroxyl groups is 2. The minimum absolute atomic E-state index is 0.0686. The minimum Gasteiger partial charge on any atom is -0.387 e. The molecule has 3 N–H and O–H groups in total. The van der Waals surface area contributed by atoms with Crippen molar-refractivity contribution in [1.29, 1.82) is 0 Å². The lowest BCUT2D eigenvalue weighted by Gasteiger charge is -2.35. The lowest BCUT2D eigenvalue weighted by atomic mass is 9.88. The first-order valence-corrected chi connectivity index (χ1v) is 9.18. The number of anilines is 2. The van der Waals surface area contributed by atoms with Crippen molar-refractivity contribution >= 4 is 11.6 Å². The van der Waals surface area contributed by atoms with Gasteiger partial charge in [0, 0.05) is 0 Å². The second kappa shape index (κ2) is 7.49. The van der Waals surface area contributed by atoms with Gasteiger partial charge in [-0.2, -0.15) is 0 Å². The van der Waals surface area contributed by atoms with Gasteiger partial charge in [-0.1, -0.05) is 5.21 Å². The summed E-state index contributed by atoms with van der Waals surface area (Å²) in [7, 11) is 0. The highest BCUT2D eigenvalue weighted by Gasteiger charge is 2.38. The van der Waals surface area contributed by atoms with Crippen molar-refractivity contribution in [3.8, 4) is 11.4 Å². The maximum absolute atomic E-state index is 13.4. The molecule has 0 bridgehead atoms. The standard InChI is InChI=1S/C20H25FN6O2/c1-12-6-15(16-10-27(26-25-16)11-20(5,29)19(3,4)28)23-18(7-12)24-17-8-13(2)14(21)9-22-17/h6-10,28-29H,11H2,1-5H3,(H,22,23,24)/t20-/m0/s1. The Bertz CT molecular complexity index is 1030. The van der Waals surface area contributed by atoms with E-state index in [9.17, 15) is 14.6 Å². The van der Waals surface area contributed by atoms with Crippen LogP contribution >= 0.6 is 0 Å². The van der Waals surface area contributed by atoms with Crippen molar-refractivity contribution in [2.45, 2.75) is 52.4 Å². The van der Waals surface area contributed by atoms with Crippen LogP contribution in [0, 0.1) is 19.7 Å². The summed E-state index contributed by atoms with van der Waals surface area (Å²) in [5.74, 6) is 0.654. The molecule has 8 nitrogen and oxygen atoms in total. The van der Waals surface area contributed by atoms with Crippen molar-refractivity contribution in [3.63, 3.8) is 0 Å². The van der Waals surface area contributed by atoms with Crippen LogP contribution in [0.15, 0.2) is 30.6 Å². The lowest BCUT2D eigenvalue weighted by Crippen LogP contribution is -2.50. The summed E-state index contributed by atoms with van der Waals surface area (Å²) in [5, 5.41) is 31.8. The smallest absolute Gasteiger partial charge is 0.144 e. The molecule has 0 radical (unpaired) electrons. The minimum atomic E-state index is -1.39. The van der Waals surface area contributed by atoms with Gasteiger partial charge >= 0.3 is 0 Å². The molecule has 1 atom stereocenters. The maximum Gasteiger partial charge on any atom is 0.144 e. The van der Waals surface area contributed by atoms with Crippen LogP contribution in [-0.4, -0.2) is 46.4 Å². The predicted octanol–water partition coefficient (Wildman–Crippen LogP) is 2.76. The quantitative estimate of drug-likeness (QED) is 0.584. The molecule has 0 spiro atoms. The van der Waals surface area contributed by atoms with E-state index in [0.717, 1.165) is 11.8 Å². The molecular formula is C20H25FN6O2. The Morgan fingerprint density at radius 2 is 1.79 bits per heavy atom. The molecule has 3 aromatic rings. The average Bonchev–Trinajstić information content (AvgIpc) is 3.04. The van der Waals surface area contributed by atoms with Gasteiger partial charge in [-0.05, 0) is 63.9 Å². The topological polar surface area (TPSA) is 109 Å². The highest BCUT2D eigenvalue weighted by atomic mass is 19.1. The van der Waals surface area contributed by atoms with Crippen molar-refractivity contribution in [3.05, 3.63) is 47.5 Å². The summed E-state index contributed by atoms with van der Waals surface area (Å²) in [6, 6.07) is 5.30. The average molecular weight is 400 g/mol. The van der Waals surface area contributed by atoms with E-state index < -0.39 is 11.2 Å². The molecule has 3 aromatic heterocycles. The Balaban J connectivity index is 1.85. The molecule has 3 rings (SSSR count). The van der Waals surface area contributed by atoms with Crippen molar-refractivity contribution in [2.24, 2.45) is 0 Å². The molecule has 0 saturated heterocycles. The van der Waals surface area contributed by atoms with Gasteiger partial charge in [-0.25, -0.2) is 19.0 Å². The molecular weight excluding hydrogens is 375 g/mol. The van der Waals surface area contributed by atoms with Crippen LogP contribution in [-0.2, 0) is 6.54 Å². The lowest BCUT2D eigenvalue weighted by molar-refractivity contribution is -0.129. The number of hydrogen-bond acceptors (Lipinski definition) is 7. The van der Waals surface area contributed by atoms with E-state index in [4.69, 9.17) is 0 Å². The fourth-order valence-electron chi connectivity index (χ4n) is 2.60. The van der Waals surface area contributed by atoms with Crippen LogP contribution in [0.2, 0.25) is 0 Å². The third kappa shape index (κ3) is 4.75. The van der Waals surface area contributed by atoms with Gasteiger partial charge in [0.25, 0.3) is 0 Å². The van der Waals surface area contributed by atoms with Crippen LogP contribution in [0.25, 0.3) is 11.4 Å². The molecule has 0 aromatic carbocycles. The maximum atomic E-state index is 13.4. The summed E-state index contributed by atoms with van der Waals surface area (Å²) in [6.07, 6.45) is 2.82. The first-order valence-electron chi connectivity index (χ1n) is 9.18. The largest absolute Gasteiger partial charge is 0.387 e. The van der Waals surface area contributed by atoms with Crippen molar-refractivity contribution < 1.29 is 14.6 Å². The SMILES string of the molecule is Cc1cc(Nc2cc(C)c(F)cn2)nc(-c2cn(C[C@](C)(O)C(C)(C)O)nn2)c1. The van der Waals surface area contributed by atoms with E-state index in [-0.39, 0.29) is 12.4 Å². The van der Waals surface area contributed by atoms with Crippen LogP contribution in [0.3, 0.4) is 0 Å². The predicted molar refractivity (Wildman–Crippen MR) is 107 cm³/mol. The van der Waals surface area contributed by atoms with Gasteiger partial charge in [0.2, 0.25) is 0 Å². The Labute approximate surface area is 168 Å². The molecule has 0 amide bonds. The van der Waals surface area contributed by atoms with Gasteiger partial charge in [0.1, 0.15) is 28.7 Å². The van der Waals surface area contributed by atoms with E-state index in [1.54, 1.807) is 26.1 Å². The number of nitrogens with one attached hydrogen (secondary N) is 1. The third-order valence-corrected chi connectivity index (χ3v) is 4.86. The molecule has 0 aliphatic carbocycles. The Morgan fingerprint density at radius 1 is 1.07 bits per heavy atom. The number of aromatic nitrogens is 5. The Morgan fingerprint density at radius 3 is 2.45 bits per heavy atom. The summed E-state index contributed by atoms with van der Waals surface area (Å²) in [4.78, 5) is 8.56. The number of rotatable bonds is 6. The van der Waals surface area contributed by atoms with E-state index >= 15 is 0 Å². The number of aryl methyl sites for hydroxylation is 2. The molecule has 0 fully saturated rings. The number of nitrogens with zero attached hydrogens (tertiary/aromatic N) is 5. The van der Waals surface area contributed by atoms with Crippen LogP contribution in [0.4, 0.5) is 16.0 Å². The van der Waals surface area contributed by atoms with Gasteiger partial charge in [-0.3, -0.25) is 0 Å². The second-order valence-electron chi connectivity index (χ2n) is 7.99. The molecule has 0 saturated carbocycles. The Hall–Kier alpha value is -2.91. The monoisotopic (exact) mass is 400 g/mol. The molecule has 29 heavy (non-hydrogen) atoms. The van der Waals surface area contributed by atoms with Crippen molar-refractivity contribution in [1.82, 2.24) is 25.0 Å². The molecule has 0 unspecified atom stereocenters. The number of pyridine rings is 2. The molecule has 0 aliphatic heterocycles. The first-order chi connectivity index (χ1) is 13.4. The van der Waals surface area contributed by atoms with Gasteiger partial charge in [-0.15, -0.1) is 5.10 Å². The molecule has 9 heteroatoms. The molecule has 154 valence electrons. The van der Waals surface area contributed by atoms with Crippen LogP contribution < -0.4 is 5.32 Å². The van der Waals surface area contributed by atoms with Crippen molar-refractivity contribution in [2.75, 3.05) is 5.32 Å². The second-order valence-corrected chi connectivity index (χ2v) is 7.99. The fourth-order valence-corrected chi connectivity index (χ4v) is 2.60. The van der Waals surface area contributed by atoms with Gasteiger partial charge < -0.3 is 15.5 Å². The van der Waals surface area contributed by atoms with Gasteiger partial charge in [0.15, 0.2) is 0 Å². The van der Waals surface area contributed by atoms with Gasteiger partial charge in [0.05, 0.1) is 30.2 Å². The summed E-state index contributed by atoms with van der Waals surface area (Å²) >= 11 is 0. The normalized spacial score (nSPS) is 13.9. The highest BCUT2D eigenvalue weighted by Crippen LogP contribution is 2.25. The summed E-state index contributed by atoms with van der Waals surface area (Å²) in [6.45, 7) is 8.27. The number of hydrogen-bond donors (Lipinski definition) is 3. The molecule has 0 aliphatic rings. The fraction of sp³-hybridized carbons (Fsp3) is 0.400. The third-order valence-electron chi connectivity index (χ3n) is 4.86. The van der Waals surface area contributed by atoms with Crippen LogP contribution in [0.5, 0.6) is 0 Å². The van der Waals surface area contributed by atoms with E-state index in [1.807, 2.05) is 19.1 Å². The zero-order valence-electron chi connectivity index (χ0n) is 17.1. The highest BCUT2D eigenvalue weighted by molar-refractivity contribution is 5.61. The zero-order chi connectivity index (χ0) is 21.4. The Kier molecular flexibility index (Phi) is 5.38. The molecule has 3 heterocycles. The summed E-state index contributed by atoms with van der Waals surface area (Å²) in [5.41, 5.74) is -0.173. The number of halogens is 1. The van der Waals surface area contributed by atoms with Crippen LogP contribution in [0.1, 0.15) is 31.9 Å². The zero-order valence-corrected chi connectivity index (χ0v) is 17.1. The first kappa shape index (κ1) is 20.8. The summed E-state index contributed by atoms with van der Waals surface area (Å²) < 4.78 is 14.9. The van der Waals surface area contributed by atoms with E-state index in [0.29, 0.717) is 28.6 Å².